The van der Waals surface area contributed by atoms with Crippen LogP contribution in [0.1, 0.15) is 39.0 Å². The Hall–Kier alpha value is -0.120. The van der Waals surface area contributed by atoms with Crippen LogP contribution in [0.5, 0.6) is 0 Å². The van der Waals surface area contributed by atoms with Gasteiger partial charge in [0.1, 0.15) is 0 Å². The van der Waals surface area contributed by atoms with E-state index in [1.54, 1.807) is 0 Å². The van der Waals surface area contributed by atoms with Crippen LogP contribution in [0.4, 0.5) is 0 Å². The molecule has 0 bridgehead atoms. The van der Waals surface area contributed by atoms with E-state index in [-0.39, 0.29) is 24.0 Å². The zero-order valence-electron chi connectivity index (χ0n) is 16.0. The van der Waals surface area contributed by atoms with Gasteiger partial charge in [-0.1, -0.05) is 12.8 Å². The largest absolute Gasteiger partial charge is 0.379 e. The van der Waals surface area contributed by atoms with Gasteiger partial charge in [-0.05, 0) is 45.8 Å². The molecule has 0 atom stereocenters. The summed E-state index contributed by atoms with van der Waals surface area (Å²) in [5, 5.41) is 6.81. The second kappa shape index (κ2) is 15.0. The number of likely N-dealkylation sites (tertiary alicyclic amines) is 1. The minimum absolute atomic E-state index is 0. The molecule has 25 heavy (non-hydrogen) atoms. The number of morpholine rings is 1. The maximum Gasteiger partial charge on any atom is 0.191 e. The molecule has 0 aromatic heterocycles. The Morgan fingerprint density at radius 1 is 0.920 bits per heavy atom. The van der Waals surface area contributed by atoms with Crippen molar-refractivity contribution in [1.29, 1.82) is 0 Å². The molecule has 2 fully saturated rings. The second-order valence-electron chi connectivity index (χ2n) is 6.75. The van der Waals surface area contributed by atoms with Crippen LogP contribution >= 0.6 is 24.0 Å². The maximum absolute atomic E-state index is 5.39. The number of nitrogens with zero attached hydrogens (tertiary/aromatic N) is 3. The summed E-state index contributed by atoms with van der Waals surface area (Å²) in [6, 6.07) is 0. The van der Waals surface area contributed by atoms with Gasteiger partial charge in [0.15, 0.2) is 5.96 Å². The molecular formula is C18H38IN5O. The van der Waals surface area contributed by atoms with Crippen LogP contribution in [0.25, 0.3) is 0 Å². The average molecular weight is 467 g/mol. The lowest BCUT2D eigenvalue weighted by Gasteiger charge is -2.26. The van der Waals surface area contributed by atoms with Gasteiger partial charge in [0.2, 0.25) is 0 Å². The molecule has 148 valence electrons. The lowest BCUT2D eigenvalue weighted by Crippen LogP contribution is -2.44. The van der Waals surface area contributed by atoms with Crippen LogP contribution < -0.4 is 10.6 Å². The Morgan fingerprint density at radius 2 is 1.60 bits per heavy atom. The van der Waals surface area contributed by atoms with E-state index in [0.29, 0.717) is 0 Å². The smallest absolute Gasteiger partial charge is 0.191 e. The summed E-state index contributed by atoms with van der Waals surface area (Å²) in [4.78, 5) is 9.78. The number of guanidine groups is 1. The summed E-state index contributed by atoms with van der Waals surface area (Å²) in [5.74, 6) is 0.960. The normalized spacial score (nSPS) is 20.6. The molecule has 2 rings (SSSR count). The molecule has 2 heterocycles. The number of hydrogen-bond acceptors (Lipinski definition) is 4. The van der Waals surface area contributed by atoms with Crippen molar-refractivity contribution in [3.63, 3.8) is 0 Å². The fourth-order valence-corrected chi connectivity index (χ4v) is 3.34. The van der Waals surface area contributed by atoms with Crippen molar-refractivity contribution in [3.05, 3.63) is 0 Å². The van der Waals surface area contributed by atoms with Crippen LogP contribution in [0.2, 0.25) is 0 Å². The second-order valence-corrected chi connectivity index (χ2v) is 6.75. The number of nitrogens with one attached hydrogen (secondary N) is 2. The molecule has 0 amide bonds. The summed E-state index contributed by atoms with van der Waals surface area (Å²) < 4.78 is 5.39. The van der Waals surface area contributed by atoms with Crippen molar-refractivity contribution >= 4 is 29.9 Å². The predicted molar refractivity (Wildman–Crippen MR) is 116 cm³/mol. The Bertz CT molecular complexity index is 342. The van der Waals surface area contributed by atoms with E-state index < -0.39 is 0 Å². The first-order valence-electron chi connectivity index (χ1n) is 9.93. The van der Waals surface area contributed by atoms with Gasteiger partial charge in [0, 0.05) is 39.3 Å². The van der Waals surface area contributed by atoms with E-state index in [1.807, 2.05) is 0 Å². The number of aliphatic imine (C=N–C) groups is 1. The molecule has 7 heteroatoms. The van der Waals surface area contributed by atoms with Crippen molar-refractivity contribution in [1.82, 2.24) is 20.4 Å². The molecule has 0 spiro atoms. The first-order chi connectivity index (χ1) is 11.9. The molecule has 0 unspecified atom stereocenters. The standard InChI is InChI=1S/C18H37N5O.HI/c1-2-19-18(21-9-13-23-14-16-24-17-15-23)20-8-7-12-22-10-5-3-4-6-11-22;/h2-17H2,1H3,(H2,19,20,21);1H. The lowest BCUT2D eigenvalue weighted by atomic mass is 10.2. The summed E-state index contributed by atoms with van der Waals surface area (Å²) in [6.07, 6.45) is 6.71. The van der Waals surface area contributed by atoms with Gasteiger partial charge in [0.25, 0.3) is 0 Å². The maximum atomic E-state index is 5.39. The topological polar surface area (TPSA) is 52.1 Å². The third kappa shape index (κ3) is 10.6. The minimum atomic E-state index is 0. The highest BCUT2D eigenvalue weighted by Gasteiger charge is 2.10. The van der Waals surface area contributed by atoms with Gasteiger partial charge in [-0.3, -0.25) is 9.89 Å². The Labute approximate surface area is 171 Å². The highest BCUT2D eigenvalue weighted by molar-refractivity contribution is 14.0. The van der Waals surface area contributed by atoms with Crippen molar-refractivity contribution in [2.45, 2.75) is 39.0 Å². The average Bonchev–Trinajstić information content (AvgIpc) is 2.88. The van der Waals surface area contributed by atoms with E-state index in [0.717, 1.165) is 64.9 Å². The number of halogens is 1. The van der Waals surface area contributed by atoms with Crippen molar-refractivity contribution < 1.29 is 4.74 Å². The fourth-order valence-electron chi connectivity index (χ4n) is 3.34. The Balaban J connectivity index is 0.00000312. The fraction of sp³-hybridized carbons (Fsp3) is 0.944. The SMILES string of the molecule is CCNC(=NCCCN1CCCCCC1)NCCN1CCOCC1.I. The number of hydrogen-bond donors (Lipinski definition) is 2. The zero-order valence-corrected chi connectivity index (χ0v) is 18.3. The van der Waals surface area contributed by atoms with E-state index in [9.17, 15) is 0 Å². The Morgan fingerprint density at radius 3 is 2.28 bits per heavy atom. The molecule has 2 N–H and O–H groups in total. The molecule has 0 radical (unpaired) electrons. The molecule has 0 aromatic carbocycles. The molecule has 0 saturated carbocycles. The molecular weight excluding hydrogens is 429 g/mol. The highest BCUT2D eigenvalue weighted by Crippen LogP contribution is 2.09. The van der Waals surface area contributed by atoms with E-state index in [4.69, 9.17) is 9.73 Å². The first kappa shape index (κ1) is 22.9. The minimum Gasteiger partial charge on any atom is -0.379 e. The third-order valence-corrected chi connectivity index (χ3v) is 4.77. The number of ether oxygens (including phenoxy) is 1. The van der Waals surface area contributed by atoms with Gasteiger partial charge >= 0.3 is 0 Å². The monoisotopic (exact) mass is 467 g/mol. The van der Waals surface area contributed by atoms with E-state index in [2.05, 4.69) is 27.4 Å². The van der Waals surface area contributed by atoms with Crippen molar-refractivity contribution in [2.24, 2.45) is 4.99 Å². The van der Waals surface area contributed by atoms with Crippen LogP contribution in [0, 0.1) is 0 Å². The van der Waals surface area contributed by atoms with Crippen LogP contribution in [0.15, 0.2) is 4.99 Å². The molecule has 2 aliphatic heterocycles. The van der Waals surface area contributed by atoms with Gasteiger partial charge in [0.05, 0.1) is 13.2 Å². The summed E-state index contributed by atoms with van der Waals surface area (Å²) in [6.45, 7) is 13.5. The van der Waals surface area contributed by atoms with Gasteiger partial charge < -0.3 is 20.3 Å². The molecule has 0 aliphatic carbocycles. The molecule has 6 nitrogen and oxygen atoms in total. The first-order valence-corrected chi connectivity index (χ1v) is 9.93. The van der Waals surface area contributed by atoms with Crippen molar-refractivity contribution in [2.75, 3.05) is 72.1 Å². The van der Waals surface area contributed by atoms with Crippen LogP contribution in [-0.4, -0.2) is 87.9 Å². The van der Waals surface area contributed by atoms with E-state index in [1.165, 1.54) is 45.3 Å². The van der Waals surface area contributed by atoms with Gasteiger partial charge in [-0.2, -0.15) is 0 Å². The van der Waals surface area contributed by atoms with Crippen molar-refractivity contribution in [3.8, 4) is 0 Å². The number of rotatable bonds is 8. The summed E-state index contributed by atoms with van der Waals surface area (Å²) >= 11 is 0. The molecule has 0 aromatic rings. The summed E-state index contributed by atoms with van der Waals surface area (Å²) in [5.41, 5.74) is 0. The lowest BCUT2D eigenvalue weighted by molar-refractivity contribution is 0.0389. The van der Waals surface area contributed by atoms with E-state index >= 15 is 0 Å². The quantitative estimate of drug-likeness (QED) is 0.247. The Kier molecular flexibility index (Phi) is 13.7. The van der Waals surface area contributed by atoms with Crippen LogP contribution in [0.3, 0.4) is 0 Å². The van der Waals surface area contributed by atoms with Crippen LogP contribution in [-0.2, 0) is 4.74 Å². The van der Waals surface area contributed by atoms with Gasteiger partial charge in [-0.25, -0.2) is 0 Å². The summed E-state index contributed by atoms with van der Waals surface area (Å²) in [7, 11) is 0. The predicted octanol–water partition coefficient (Wildman–Crippen LogP) is 1.76. The molecule has 2 aliphatic rings. The highest BCUT2D eigenvalue weighted by atomic mass is 127. The zero-order chi connectivity index (χ0) is 16.9. The third-order valence-electron chi connectivity index (χ3n) is 4.77. The molecule has 2 saturated heterocycles. The van der Waals surface area contributed by atoms with Gasteiger partial charge in [-0.15, -0.1) is 24.0 Å².